The molecule has 0 fully saturated rings. The summed E-state index contributed by atoms with van der Waals surface area (Å²) < 4.78 is 5.69. The zero-order valence-electron chi connectivity index (χ0n) is 25.1. The van der Waals surface area contributed by atoms with E-state index in [9.17, 15) is 19.7 Å². The Kier molecular flexibility index (Phi) is 10.9. The molecule has 1 heterocycles. The average Bonchev–Trinajstić information content (AvgIpc) is 2.99. The van der Waals surface area contributed by atoms with Crippen LogP contribution in [0, 0.1) is 10.1 Å². The number of nitrogens with one attached hydrogen (secondary N) is 2. The second-order valence-electron chi connectivity index (χ2n) is 9.87. The summed E-state index contributed by atoms with van der Waals surface area (Å²) in [5, 5.41) is 17.4. The molecular formula is C30H36N8O5. The number of anilines is 6. The van der Waals surface area contributed by atoms with Gasteiger partial charge in [0.25, 0.3) is 5.69 Å². The Morgan fingerprint density at radius 3 is 2.51 bits per heavy atom. The topological polar surface area (TPSA) is 146 Å². The van der Waals surface area contributed by atoms with Crippen LogP contribution in [0.15, 0.2) is 61.3 Å². The molecule has 2 N–H and O–H groups in total. The summed E-state index contributed by atoms with van der Waals surface area (Å²) in [6.45, 7) is 6.77. The van der Waals surface area contributed by atoms with Gasteiger partial charge in [0, 0.05) is 62.8 Å². The Bertz CT molecular complexity index is 1540. The molecule has 0 saturated carbocycles. The average molecular weight is 589 g/mol. The van der Waals surface area contributed by atoms with E-state index in [2.05, 4.69) is 27.1 Å². The maximum absolute atomic E-state index is 12.3. The minimum atomic E-state index is -0.473. The molecule has 2 aromatic carbocycles. The fourth-order valence-electron chi connectivity index (χ4n) is 4.12. The van der Waals surface area contributed by atoms with Gasteiger partial charge in [-0.2, -0.15) is 4.98 Å². The first kappa shape index (κ1) is 32.2. The molecule has 0 radical (unpaired) electrons. The number of hydrogen-bond acceptors (Lipinski definition) is 11. The van der Waals surface area contributed by atoms with Crippen LogP contribution in [-0.4, -0.2) is 80.4 Å². The molecule has 3 aromatic rings. The normalized spacial score (nSPS) is 11.1. The van der Waals surface area contributed by atoms with E-state index in [1.165, 1.54) is 31.4 Å². The van der Waals surface area contributed by atoms with Crippen molar-refractivity contribution in [2.75, 3.05) is 68.8 Å². The molecule has 0 aliphatic heterocycles. The zero-order valence-corrected chi connectivity index (χ0v) is 25.1. The zero-order chi connectivity index (χ0) is 31.7. The summed E-state index contributed by atoms with van der Waals surface area (Å²) >= 11 is 0. The highest BCUT2D eigenvalue weighted by Crippen LogP contribution is 2.39. The number of methoxy groups -OCH3 is 1. The van der Waals surface area contributed by atoms with Crippen molar-refractivity contribution < 1.29 is 19.2 Å². The third kappa shape index (κ3) is 8.14. The minimum absolute atomic E-state index is 0.0760. The van der Waals surface area contributed by atoms with Crippen LogP contribution in [-0.2, 0) is 9.59 Å². The first-order chi connectivity index (χ1) is 20.5. The number of nitro groups is 1. The number of likely N-dealkylation sites (N-methyl/N-ethyl adjacent to an activating group) is 2. The van der Waals surface area contributed by atoms with Gasteiger partial charge < -0.3 is 30.1 Å². The van der Waals surface area contributed by atoms with Crippen molar-refractivity contribution in [3.05, 3.63) is 77.0 Å². The summed E-state index contributed by atoms with van der Waals surface area (Å²) in [6, 6.07) is 9.66. The lowest BCUT2D eigenvalue weighted by Gasteiger charge is -2.26. The van der Waals surface area contributed by atoms with Gasteiger partial charge in [-0.25, -0.2) is 4.98 Å². The van der Waals surface area contributed by atoms with Crippen LogP contribution in [0.1, 0.15) is 12.5 Å². The fraction of sp³-hybridized carbons (Fsp3) is 0.267. The molecule has 0 unspecified atom stereocenters. The number of rotatable bonds is 14. The van der Waals surface area contributed by atoms with Gasteiger partial charge in [0.2, 0.25) is 11.9 Å². The first-order valence-corrected chi connectivity index (χ1v) is 13.2. The van der Waals surface area contributed by atoms with Gasteiger partial charge in [0.05, 0.1) is 29.1 Å². The smallest absolute Gasteiger partial charge is 0.271 e. The second-order valence-corrected chi connectivity index (χ2v) is 9.87. The third-order valence-corrected chi connectivity index (χ3v) is 6.56. The van der Waals surface area contributed by atoms with Crippen LogP contribution in [0.3, 0.4) is 0 Å². The molecule has 1 aromatic heterocycles. The lowest BCUT2D eigenvalue weighted by molar-refractivity contribution is -0.384. The number of aromatic nitrogens is 2. The predicted octanol–water partition coefficient (Wildman–Crippen LogP) is 4.63. The highest BCUT2D eigenvalue weighted by molar-refractivity contribution is 6.02. The van der Waals surface area contributed by atoms with Gasteiger partial charge in [0.1, 0.15) is 17.9 Å². The number of amides is 1. The number of nitrogens with zero attached hydrogens (tertiary/aromatic N) is 6. The monoisotopic (exact) mass is 588 g/mol. The lowest BCUT2D eigenvalue weighted by atomic mass is 10.1. The molecule has 0 atom stereocenters. The molecule has 13 nitrogen and oxygen atoms in total. The van der Waals surface area contributed by atoms with Crippen molar-refractivity contribution in [2.45, 2.75) is 6.92 Å². The van der Waals surface area contributed by atoms with E-state index in [0.717, 1.165) is 12.2 Å². The summed E-state index contributed by atoms with van der Waals surface area (Å²) in [5.74, 6) is 0.676. The van der Waals surface area contributed by atoms with Crippen molar-refractivity contribution in [2.24, 2.45) is 0 Å². The van der Waals surface area contributed by atoms with Crippen LogP contribution >= 0.6 is 0 Å². The molecule has 1 amide bonds. The Morgan fingerprint density at radius 1 is 1.14 bits per heavy atom. The molecule has 43 heavy (non-hydrogen) atoms. The lowest BCUT2D eigenvalue weighted by Crippen LogP contribution is -2.29. The number of allylic oxidation sites excluding steroid dienone is 2. The fourth-order valence-corrected chi connectivity index (χ4v) is 4.12. The van der Waals surface area contributed by atoms with Crippen LogP contribution in [0.4, 0.5) is 40.2 Å². The van der Waals surface area contributed by atoms with E-state index in [1.807, 2.05) is 26.0 Å². The molecule has 0 aliphatic rings. The van der Waals surface area contributed by atoms with Gasteiger partial charge in [-0.3, -0.25) is 19.7 Å². The van der Waals surface area contributed by atoms with E-state index in [-0.39, 0.29) is 17.5 Å². The van der Waals surface area contributed by atoms with Crippen LogP contribution < -0.4 is 25.2 Å². The molecule has 226 valence electrons. The summed E-state index contributed by atoms with van der Waals surface area (Å²) in [5.41, 5.74) is 3.31. The summed E-state index contributed by atoms with van der Waals surface area (Å²) in [6.07, 6.45) is 4.80. The highest BCUT2D eigenvalue weighted by atomic mass is 16.6. The number of non-ortho nitro benzene ring substituents is 1. The number of aldehydes is 1. The molecule has 0 aliphatic carbocycles. The molecule has 0 saturated heterocycles. The predicted molar refractivity (Wildman–Crippen MR) is 170 cm³/mol. The molecule has 13 heteroatoms. The van der Waals surface area contributed by atoms with Gasteiger partial charge in [-0.05, 0) is 50.9 Å². The maximum Gasteiger partial charge on any atom is 0.271 e. The number of carbonyl (C=O) groups is 2. The summed E-state index contributed by atoms with van der Waals surface area (Å²) in [4.78, 5) is 49.4. The quantitative estimate of drug-likeness (QED) is 0.118. The SMILES string of the molecule is C=CC(=O)Nc1cc(Nc2ncc(/C(C)=C\C=O)c(N(C)c3cccc([N+](=O)[O-])c3)n2)c(OC)cc1N(C)CCN(C)C. The maximum atomic E-state index is 12.3. The van der Waals surface area contributed by atoms with E-state index in [1.54, 1.807) is 49.3 Å². The number of carbonyl (C=O) groups excluding carboxylic acids is 2. The van der Waals surface area contributed by atoms with E-state index >= 15 is 0 Å². The second kappa shape index (κ2) is 14.5. The summed E-state index contributed by atoms with van der Waals surface area (Å²) in [7, 11) is 9.13. The van der Waals surface area contributed by atoms with E-state index in [0.29, 0.717) is 52.6 Å². The number of hydrogen-bond donors (Lipinski definition) is 2. The first-order valence-electron chi connectivity index (χ1n) is 13.2. The minimum Gasteiger partial charge on any atom is -0.494 e. The molecule has 0 bridgehead atoms. The van der Waals surface area contributed by atoms with Crippen molar-refractivity contribution in [1.82, 2.24) is 14.9 Å². The van der Waals surface area contributed by atoms with Crippen molar-refractivity contribution in [3.63, 3.8) is 0 Å². The Balaban J connectivity index is 2.11. The molecular weight excluding hydrogens is 552 g/mol. The Labute approximate surface area is 250 Å². The third-order valence-electron chi connectivity index (χ3n) is 6.56. The molecule has 3 rings (SSSR count). The number of nitro benzene ring substituents is 1. The van der Waals surface area contributed by atoms with Crippen molar-refractivity contribution >= 4 is 58.0 Å². The molecule has 0 spiro atoms. The van der Waals surface area contributed by atoms with Crippen LogP contribution in [0.25, 0.3) is 5.57 Å². The highest BCUT2D eigenvalue weighted by Gasteiger charge is 2.20. The van der Waals surface area contributed by atoms with Gasteiger partial charge in [0.15, 0.2) is 0 Å². The Hall–Kier alpha value is -5.30. The van der Waals surface area contributed by atoms with Crippen molar-refractivity contribution in [1.29, 1.82) is 0 Å². The number of benzene rings is 2. The van der Waals surface area contributed by atoms with E-state index in [4.69, 9.17) is 9.72 Å². The van der Waals surface area contributed by atoms with Crippen LogP contribution in [0.2, 0.25) is 0 Å². The van der Waals surface area contributed by atoms with Crippen molar-refractivity contribution in [3.8, 4) is 5.75 Å². The Morgan fingerprint density at radius 2 is 1.88 bits per heavy atom. The van der Waals surface area contributed by atoms with Gasteiger partial charge in [-0.1, -0.05) is 12.6 Å². The van der Waals surface area contributed by atoms with Crippen LogP contribution in [0.5, 0.6) is 5.75 Å². The van der Waals surface area contributed by atoms with Gasteiger partial charge >= 0.3 is 0 Å². The number of ether oxygens (including phenoxy) is 1. The van der Waals surface area contributed by atoms with E-state index < -0.39 is 4.92 Å². The largest absolute Gasteiger partial charge is 0.494 e. The standard InChI is InChI=1S/C30H36N8O5/c1-8-28(40)32-24-17-25(27(43-7)18-26(24)36(5)14-13-35(3)4)33-30-31-19-23(20(2)12-15-39)29(34-30)37(6)21-10-9-11-22(16-21)38(41)42/h8-12,15-19H,1,13-14H2,2-7H3,(H,32,40)(H,31,33,34)/b20-12-. The van der Waals surface area contributed by atoms with Gasteiger partial charge in [-0.15, -0.1) is 0 Å².